The SMILES string of the molecule is CSc1ccccc1C(=O)N1CCc2[nH]nc(C3CC3)c2C1. The van der Waals surface area contributed by atoms with Crippen LogP contribution in [0, 0.1) is 0 Å². The smallest absolute Gasteiger partial charge is 0.255 e. The molecule has 0 unspecified atom stereocenters. The summed E-state index contributed by atoms with van der Waals surface area (Å²) in [7, 11) is 0. The number of fused-ring (bicyclic) bond motifs is 1. The van der Waals surface area contributed by atoms with Gasteiger partial charge in [0.2, 0.25) is 0 Å². The summed E-state index contributed by atoms with van der Waals surface area (Å²) >= 11 is 1.63. The van der Waals surface area contributed by atoms with E-state index in [2.05, 4.69) is 10.2 Å². The van der Waals surface area contributed by atoms with Crippen LogP contribution in [0.15, 0.2) is 29.2 Å². The minimum atomic E-state index is 0.138. The molecule has 1 aliphatic heterocycles. The highest BCUT2D eigenvalue weighted by Crippen LogP contribution is 2.42. The second kappa shape index (κ2) is 5.47. The van der Waals surface area contributed by atoms with E-state index in [4.69, 9.17) is 0 Å². The number of H-pyrrole nitrogens is 1. The highest BCUT2D eigenvalue weighted by Gasteiger charge is 2.33. The van der Waals surface area contributed by atoms with E-state index >= 15 is 0 Å². The number of amides is 1. The summed E-state index contributed by atoms with van der Waals surface area (Å²) in [5, 5.41) is 7.67. The lowest BCUT2D eigenvalue weighted by Gasteiger charge is -2.28. The van der Waals surface area contributed by atoms with Gasteiger partial charge in [-0.25, -0.2) is 0 Å². The summed E-state index contributed by atoms with van der Waals surface area (Å²) < 4.78 is 0. The second-order valence-corrected chi connectivity index (χ2v) is 6.87. The average Bonchev–Trinajstić information content (AvgIpc) is 3.33. The third kappa shape index (κ3) is 2.33. The molecule has 0 spiro atoms. The van der Waals surface area contributed by atoms with Crippen LogP contribution in [0.1, 0.15) is 46.1 Å². The number of nitrogens with zero attached hydrogens (tertiary/aromatic N) is 2. The van der Waals surface area contributed by atoms with E-state index in [9.17, 15) is 4.79 Å². The number of carbonyl (C=O) groups excluding carboxylic acids is 1. The van der Waals surface area contributed by atoms with E-state index in [0.29, 0.717) is 12.5 Å². The molecule has 0 atom stereocenters. The van der Waals surface area contributed by atoms with E-state index in [0.717, 1.165) is 23.4 Å². The molecular weight excluding hydrogens is 294 g/mol. The van der Waals surface area contributed by atoms with Crippen LogP contribution in [0.5, 0.6) is 0 Å². The van der Waals surface area contributed by atoms with Gasteiger partial charge in [-0.2, -0.15) is 5.10 Å². The number of rotatable bonds is 3. The van der Waals surface area contributed by atoms with Crippen LogP contribution < -0.4 is 0 Å². The number of aromatic amines is 1. The van der Waals surface area contributed by atoms with Crippen LogP contribution in [-0.4, -0.2) is 33.8 Å². The van der Waals surface area contributed by atoms with Crippen molar-refractivity contribution in [2.75, 3.05) is 12.8 Å². The predicted molar refractivity (Wildman–Crippen MR) is 87.2 cm³/mol. The zero-order valence-electron chi connectivity index (χ0n) is 12.6. The van der Waals surface area contributed by atoms with Crippen molar-refractivity contribution in [3.63, 3.8) is 0 Å². The summed E-state index contributed by atoms with van der Waals surface area (Å²) in [4.78, 5) is 15.9. The standard InChI is InChI=1S/C17H19N3OS/c1-22-15-5-3-2-4-12(15)17(21)20-9-8-14-13(10-20)16(19-18-14)11-6-7-11/h2-5,11H,6-10H2,1H3,(H,18,19). The quantitative estimate of drug-likeness (QED) is 0.885. The van der Waals surface area contributed by atoms with Crippen LogP contribution in [0.25, 0.3) is 0 Å². The molecule has 5 heteroatoms. The van der Waals surface area contributed by atoms with Crippen molar-refractivity contribution < 1.29 is 4.79 Å². The Labute approximate surface area is 134 Å². The Morgan fingerprint density at radius 3 is 2.95 bits per heavy atom. The fourth-order valence-electron chi connectivity index (χ4n) is 3.18. The third-order valence-electron chi connectivity index (χ3n) is 4.55. The molecule has 1 fully saturated rings. The highest BCUT2D eigenvalue weighted by molar-refractivity contribution is 7.98. The predicted octanol–water partition coefficient (Wildman–Crippen LogP) is 3.21. The number of hydrogen-bond donors (Lipinski definition) is 1. The fourth-order valence-corrected chi connectivity index (χ4v) is 3.77. The molecule has 1 aromatic heterocycles. The molecule has 4 rings (SSSR count). The molecule has 2 aliphatic rings. The molecule has 2 aromatic rings. The van der Waals surface area contributed by atoms with E-state index in [1.807, 2.05) is 35.4 Å². The molecular formula is C17H19N3OS. The average molecular weight is 313 g/mol. The van der Waals surface area contributed by atoms with Gasteiger partial charge < -0.3 is 4.90 Å². The van der Waals surface area contributed by atoms with Gasteiger partial charge in [0.1, 0.15) is 0 Å². The van der Waals surface area contributed by atoms with Gasteiger partial charge in [0.05, 0.1) is 11.3 Å². The molecule has 1 N–H and O–H groups in total. The Balaban J connectivity index is 1.61. The first-order valence-electron chi connectivity index (χ1n) is 7.76. The number of hydrogen-bond acceptors (Lipinski definition) is 3. The molecule has 0 saturated heterocycles. The minimum absolute atomic E-state index is 0.138. The molecule has 1 aliphatic carbocycles. The van der Waals surface area contributed by atoms with Gasteiger partial charge >= 0.3 is 0 Å². The molecule has 0 bridgehead atoms. The van der Waals surface area contributed by atoms with Crippen molar-refractivity contribution in [3.05, 3.63) is 46.8 Å². The van der Waals surface area contributed by atoms with Gasteiger partial charge in [-0.05, 0) is 31.2 Å². The number of aromatic nitrogens is 2. The monoisotopic (exact) mass is 313 g/mol. The first kappa shape index (κ1) is 13.9. The summed E-state index contributed by atoms with van der Waals surface area (Å²) in [5.74, 6) is 0.757. The first-order chi connectivity index (χ1) is 10.8. The third-order valence-corrected chi connectivity index (χ3v) is 5.35. The van der Waals surface area contributed by atoms with E-state index in [1.54, 1.807) is 11.8 Å². The van der Waals surface area contributed by atoms with Crippen molar-refractivity contribution in [2.45, 2.75) is 36.6 Å². The zero-order valence-corrected chi connectivity index (χ0v) is 13.4. The minimum Gasteiger partial charge on any atom is -0.334 e. The maximum Gasteiger partial charge on any atom is 0.255 e. The normalized spacial score (nSPS) is 17.4. The van der Waals surface area contributed by atoms with Gasteiger partial charge in [-0.3, -0.25) is 9.89 Å². The lowest BCUT2D eigenvalue weighted by molar-refractivity contribution is 0.0730. The number of carbonyl (C=O) groups is 1. The Bertz CT molecular complexity index is 720. The van der Waals surface area contributed by atoms with Crippen LogP contribution in [0.2, 0.25) is 0 Å². The molecule has 1 aromatic carbocycles. The van der Waals surface area contributed by atoms with Gasteiger partial charge in [-0.15, -0.1) is 11.8 Å². The van der Waals surface area contributed by atoms with Crippen molar-refractivity contribution in [1.29, 1.82) is 0 Å². The molecule has 0 radical (unpaired) electrons. The van der Waals surface area contributed by atoms with Gasteiger partial charge in [0.25, 0.3) is 5.91 Å². The number of nitrogens with one attached hydrogen (secondary N) is 1. The van der Waals surface area contributed by atoms with Crippen LogP contribution >= 0.6 is 11.8 Å². The molecule has 1 amide bonds. The van der Waals surface area contributed by atoms with Crippen molar-refractivity contribution >= 4 is 17.7 Å². The fraction of sp³-hybridized carbons (Fsp3) is 0.412. The first-order valence-corrected chi connectivity index (χ1v) is 8.98. The van der Waals surface area contributed by atoms with Crippen molar-refractivity contribution in [3.8, 4) is 0 Å². The van der Waals surface area contributed by atoms with Crippen LogP contribution in [-0.2, 0) is 13.0 Å². The summed E-state index contributed by atoms with van der Waals surface area (Å²) in [6.07, 6.45) is 5.37. The molecule has 1 saturated carbocycles. The lowest BCUT2D eigenvalue weighted by Crippen LogP contribution is -2.36. The summed E-state index contributed by atoms with van der Waals surface area (Å²) in [6.45, 7) is 1.46. The van der Waals surface area contributed by atoms with Gasteiger partial charge in [-0.1, -0.05) is 12.1 Å². The lowest BCUT2D eigenvalue weighted by atomic mass is 10.0. The Morgan fingerprint density at radius 1 is 1.36 bits per heavy atom. The van der Waals surface area contributed by atoms with E-state index in [1.165, 1.54) is 29.8 Å². The molecule has 114 valence electrons. The van der Waals surface area contributed by atoms with Crippen molar-refractivity contribution in [1.82, 2.24) is 15.1 Å². The largest absolute Gasteiger partial charge is 0.334 e. The second-order valence-electron chi connectivity index (χ2n) is 6.02. The number of thioether (sulfide) groups is 1. The van der Waals surface area contributed by atoms with Gasteiger partial charge in [0, 0.05) is 41.6 Å². The van der Waals surface area contributed by atoms with Crippen LogP contribution in [0.3, 0.4) is 0 Å². The number of benzene rings is 1. The maximum atomic E-state index is 12.9. The molecule has 4 nitrogen and oxygen atoms in total. The van der Waals surface area contributed by atoms with E-state index in [-0.39, 0.29) is 5.91 Å². The van der Waals surface area contributed by atoms with Gasteiger partial charge in [0.15, 0.2) is 0 Å². The molecule has 2 heterocycles. The molecule has 22 heavy (non-hydrogen) atoms. The Kier molecular flexibility index (Phi) is 3.45. The van der Waals surface area contributed by atoms with Crippen molar-refractivity contribution in [2.24, 2.45) is 0 Å². The topological polar surface area (TPSA) is 49.0 Å². The Morgan fingerprint density at radius 2 is 2.18 bits per heavy atom. The summed E-state index contributed by atoms with van der Waals surface area (Å²) in [5.41, 5.74) is 4.51. The highest BCUT2D eigenvalue weighted by atomic mass is 32.2. The summed E-state index contributed by atoms with van der Waals surface area (Å²) in [6, 6.07) is 7.87. The van der Waals surface area contributed by atoms with Crippen LogP contribution in [0.4, 0.5) is 0 Å². The maximum absolute atomic E-state index is 12.9. The van der Waals surface area contributed by atoms with E-state index < -0.39 is 0 Å². The zero-order chi connectivity index (χ0) is 15.1. The Hall–Kier alpha value is -1.75.